The molecule has 140 valence electrons. The molecule has 3 N–H and O–H groups in total. The van der Waals surface area contributed by atoms with Crippen LogP contribution in [0.2, 0.25) is 5.02 Å². The third kappa shape index (κ3) is 6.83. The molecule has 8 heteroatoms. The number of halogens is 1. The minimum absolute atomic E-state index is 0.0129. The molecular formula is C19H18ClN3O4. The molecule has 7 nitrogen and oxygen atoms in total. The maximum atomic E-state index is 12.2. The normalized spacial score (nSPS) is 10.7. The van der Waals surface area contributed by atoms with Gasteiger partial charge < -0.3 is 10.1 Å². The van der Waals surface area contributed by atoms with Crippen molar-refractivity contribution in [3.05, 3.63) is 70.9 Å². The van der Waals surface area contributed by atoms with Crippen LogP contribution in [0.3, 0.4) is 0 Å². The van der Waals surface area contributed by atoms with Crippen molar-refractivity contribution in [2.45, 2.75) is 6.92 Å². The fourth-order valence-corrected chi connectivity index (χ4v) is 2.19. The Bertz CT molecular complexity index is 853. The van der Waals surface area contributed by atoms with E-state index in [9.17, 15) is 14.4 Å². The van der Waals surface area contributed by atoms with Gasteiger partial charge in [0.1, 0.15) is 11.4 Å². The molecule has 2 aromatic rings. The second-order valence-corrected chi connectivity index (χ2v) is 5.78. The minimum Gasteiger partial charge on any atom is -0.482 e. The van der Waals surface area contributed by atoms with Gasteiger partial charge in [0.15, 0.2) is 6.61 Å². The van der Waals surface area contributed by atoms with E-state index in [1.54, 1.807) is 48.5 Å². The van der Waals surface area contributed by atoms with Crippen LogP contribution in [0.25, 0.3) is 6.08 Å². The average Bonchev–Trinajstić information content (AvgIpc) is 2.65. The first-order valence-electron chi connectivity index (χ1n) is 7.96. The molecule has 2 aromatic carbocycles. The number of hydrogen-bond acceptors (Lipinski definition) is 4. The number of carbonyl (C=O) groups is 3. The SMILES string of the molecule is CC(=O)N/C(=C\c1ccccc1)C(=O)NNC(=O)COc1ccccc1Cl. The van der Waals surface area contributed by atoms with Crippen molar-refractivity contribution in [2.75, 3.05) is 6.61 Å². The second kappa shape index (κ2) is 9.98. The highest BCUT2D eigenvalue weighted by molar-refractivity contribution is 6.32. The molecule has 0 aliphatic rings. The van der Waals surface area contributed by atoms with Crippen molar-refractivity contribution < 1.29 is 19.1 Å². The van der Waals surface area contributed by atoms with Gasteiger partial charge in [-0.1, -0.05) is 54.1 Å². The van der Waals surface area contributed by atoms with E-state index in [-0.39, 0.29) is 12.3 Å². The number of amides is 3. The van der Waals surface area contributed by atoms with Crippen molar-refractivity contribution in [1.29, 1.82) is 0 Å². The van der Waals surface area contributed by atoms with E-state index < -0.39 is 17.7 Å². The zero-order chi connectivity index (χ0) is 19.6. The van der Waals surface area contributed by atoms with E-state index in [2.05, 4.69) is 16.2 Å². The number of benzene rings is 2. The van der Waals surface area contributed by atoms with Gasteiger partial charge in [-0.15, -0.1) is 0 Å². The number of rotatable bonds is 6. The van der Waals surface area contributed by atoms with Gasteiger partial charge >= 0.3 is 0 Å². The molecule has 0 aromatic heterocycles. The van der Waals surface area contributed by atoms with Crippen LogP contribution in [0.15, 0.2) is 60.3 Å². The Balaban J connectivity index is 1.92. The van der Waals surface area contributed by atoms with Gasteiger partial charge in [0.25, 0.3) is 11.8 Å². The predicted octanol–water partition coefficient (Wildman–Crippen LogP) is 2.04. The monoisotopic (exact) mass is 387 g/mol. The van der Waals surface area contributed by atoms with Crippen molar-refractivity contribution >= 4 is 35.4 Å². The van der Waals surface area contributed by atoms with Crippen molar-refractivity contribution in [2.24, 2.45) is 0 Å². The fraction of sp³-hybridized carbons (Fsp3) is 0.105. The summed E-state index contributed by atoms with van der Waals surface area (Å²) in [5.74, 6) is -1.34. The van der Waals surface area contributed by atoms with E-state index in [4.69, 9.17) is 16.3 Å². The van der Waals surface area contributed by atoms with Crippen molar-refractivity contribution in [3.63, 3.8) is 0 Å². The Morgan fingerprint density at radius 1 is 1.00 bits per heavy atom. The van der Waals surface area contributed by atoms with Crippen LogP contribution in [0, 0.1) is 0 Å². The molecule has 3 amide bonds. The second-order valence-electron chi connectivity index (χ2n) is 5.37. The van der Waals surface area contributed by atoms with Gasteiger partial charge in [-0.25, -0.2) is 0 Å². The highest BCUT2D eigenvalue weighted by Gasteiger charge is 2.13. The molecule has 0 radical (unpaired) electrons. The number of carbonyl (C=O) groups excluding carboxylic acids is 3. The molecule has 2 rings (SSSR count). The minimum atomic E-state index is -0.680. The van der Waals surface area contributed by atoms with Crippen LogP contribution in [-0.2, 0) is 14.4 Å². The molecule has 0 bridgehead atoms. The molecular weight excluding hydrogens is 370 g/mol. The van der Waals surface area contributed by atoms with E-state index in [1.807, 2.05) is 6.07 Å². The molecule has 0 spiro atoms. The number of hydrazine groups is 1. The molecule has 0 atom stereocenters. The first-order valence-corrected chi connectivity index (χ1v) is 8.34. The Morgan fingerprint density at radius 2 is 1.67 bits per heavy atom. The Labute approximate surface area is 161 Å². The zero-order valence-electron chi connectivity index (χ0n) is 14.5. The van der Waals surface area contributed by atoms with Crippen molar-refractivity contribution in [1.82, 2.24) is 16.2 Å². The van der Waals surface area contributed by atoms with E-state index >= 15 is 0 Å². The summed E-state index contributed by atoms with van der Waals surface area (Å²) in [7, 11) is 0. The van der Waals surface area contributed by atoms with Gasteiger partial charge in [0, 0.05) is 6.92 Å². The lowest BCUT2D eigenvalue weighted by Gasteiger charge is -2.12. The third-order valence-corrected chi connectivity index (χ3v) is 3.49. The molecule has 0 saturated carbocycles. The molecule has 0 saturated heterocycles. The lowest BCUT2D eigenvalue weighted by Crippen LogP contribution is -2.46. The summed E-state index contributed by atoms with van der Waals surface area (Å²) in [6.45, 7) is 0.935. The van der Waals surface area contributed by atoms with Gasteiger partial charge in [-0.05, 0) is 23.8 Å². The van der Waals surface area contributed by atoms with Crippen molar-refractivity contribution in [3.8, 4) is 5.75 Å². The molecule has 27 heavy (non-hydrogen) atoms. The summed E-state index contributed by atoms with van der Waals surface area (Å²) >= 11 is 5.93. The Morgan fingerprint density at radius 3 is 2.33 bits per heavy atom. The van der Waals surface area contributed by atoms with Gasteiger partial charge in [0.2, 0.25) is 5.91 Å². The average molecular weight is 388 g/mol. The van der Waals surface area contributed by atoms with Crippen LogP contribution >= 0.6 is 11.6 Å². The molecule has 0 unspecified atom stereocenters. The lowest BCUT2D eigenvalue weighted by molar-refractivity contribution is -0.128. The highest BCUT2D eigenvalue weighted by Crippen LogP contribution is 2.22. The van der Waals surface area contributed by atoms with Crippen LogP contribution in [0.1, 0.15) is 12.5 Å². The van der Waals surface area contributed by atoms with Gasteiger partial charge in [0.05, 0.1) is 5.02 Å². The smallest absolute Gasteiger partial charge is 0.286 e. The maximum Gasteiger partial charge on any atom is 0.286 e. The molecule has 0 aliphatic heterocycles. The van der Waals surface area contributed by atoms with Crippen LogP contribution in [0.5, 0.6) is 5.75 Å². The Kier molecular flexibility index (Phi) is 7.39. The summed E-state index contributed by atoms with van der Waals surface area (Å²) in [6, 6.07) is 15.7. The molecule has 0 fully saturated rings. The largest absolute Gasteiger partial charge is 0.482 e. The number of ether oxygens (including phenoxy) is 1. The summed E-state index contributed by atoms with van der Waals surface area (Å²) in [5.41, 5.74) is 5.14. The van der Waals surface area contributed by atoms with Crippen LogP contribution in [0.4, 0.5) is 0 Å². The third-order valence-electron chi connectivity index (χ3n) is 3.18. The number of nitrogens with one attached hydrogen (secondary N) is 3. The summed E-state index contributed by atoms with van der Waals surface area (Å²) in [5, 5.41) is 2.80. The topological polar surface area (TPSA) is 96.5 Å². The number of para-hydroxylation sites is 1. The van der Waals surface area contributed by atoms with E-state index in [1.165, 1.54) is 13.0 Å². The summed E-state index contributed by atoms with van der Waals surface area (Å²) in [4.78, 5) is 35.4. The first-order chi connectivity index (χ1) is 13.0. The maximum absolute atomic E-state index is 12.2. The van der Waals surface area contributed by atoms with Crippen LogP contribution < -0.4 is 20.9 Å². The lowest BCUT2D eigenvalue weighted by atomic mass is 10.2. The summed E-state index contributed by atoms with van der Waals surface area (Å²) in [6.07, 6.45) is 1.49. The molecule has 0 aliphatic carbocycles. The van der Waals surface area contributed by atoms with Crippen LogP contribution in [-0.4, -0.2) is 24.3 Å². The first kappa shape index (κ1) is 20.0. The highest BCUT2D eigenvalue weighted by atomic mass is 35.5. The predicted molar refractivity (Wildman–Crippen MR) is 101 cm³/mol. The quantitative estimate of drug-likeness (QED) is 0.522. The zero-order valence-corrected chi connectivity index (χ0v) is 15.2. The van der Waals surface area contributed by atoms with E-state index in [0.717, 1.165) is 0 Å². The standard InChI is InChI=1S/C19H18ClN3O4/c1-13(24)21-16(11-14-7-3-2-4-8-14)19(26)23-22-18(25)12-27-17-10-6-5-9-15(17)20/h2-11H,12H2,1H3,(H,21,24)(H,22,25)(H,23,26)/b16-11-. The van der Waals surface area contributed by atoms with E-state index in [0.29, 0.717) is 16.3 Å². The van der Waals surface area contributed by atoms with Gasteiger partial charge in [-0.3, -0.25) is 25.2 Å². The fourth-order valence-electron chi connectivity index (χ4n) is 2.00. The van der Waals surface area contributed by atoms with Gasteiger partial charge in [-0.2, -0.15) is 0 Å². The Hall–Kier alpha value is -3.32. The molecule has 0 heterocycles. The number of hydrogen-bond donors (Lipinski definition) is 3. The summed E-state index contributed by atoms with van der Waals surface area (Å²) < 4.78 is 5.27.